The van der Waals surface area contributed by atoms with E-state index in [0.29, 0.717) is 42.8 Å². The predicted molar refractivity (Wildman–Crippen MR) is 235 cm³/mol. The summed E-state index contributed by atoms with van der Waals surface area (Å²) in [5.41, 5.74) is 1.79. The Bertz CT molecular complexity index is 2700. The fourth-order valence-corrected chi connectivity index (χ4v) is 9.66. The fourth-order valence-electron chi connectivity index (χ4n) is 8.75. The monoisotopic (exact) mass is 907 g/mol. The van der Waals surface area contributed by atoms with Crippen LogP contribution in [0.25, 0.3) is 0 Å². The Morgan fingerprint density at radius 2 is 1.68 bits per heavy atom. The maximum absolute atomic E-state index is 14.1. The second-order valence-electron chi connectivity index (χ2n) is 16.5. The molecule has 17 nitrogen and oxygen atoms in total. The maximum atomic E-state index is 14.1. The van der Waals surface area contributed by atoms with Crippen LogP contribution in [0.2, 0.25) is 0 Å². The highest BCUT2D eigenvalue weighted by molar-refractivity contribution is 7.90. The first-order chi connectivity index (χ1) is 31.0. The quantitative estimate of drug-likeness (QED) is 0.134. The molecule has 65 heavy (non-hydrogen) atoms. The summed E-state index contributed by atoms with van der Waals surface area (Å²) in [4.78, 5) is 109. The molecule has 0 radical (unpaired) electrons. The number of benzene rings is 3. The van der Waals surface area contributed by atoms with Crippen molar-refractivity contribution in [2.75, 3.05) is 44.1 Å². The van der Waals surface area contributed by atoms with Gasteiger partial charge in [-0.15, -0.1) is 0 Å². The number of fused-ring (bicyclic) bond motifs is 2. The Labute approximate surface area is 376 Å². The van der Waals surface area contributed by atoms with Gasteiger partial charge in [-0.2, -0.15) is 0 Å². The normalized spacial score (nSPS) is 17.8. The number of Topliss-reactive ketones (excluding diaryl/α,β-unsaturated/α-hetero) is 1. The Balaban J connectivity index is 0.981. The number of anilines is 1. The van der Waals surface area contributed by atoms with E-state index in [0.717, 1.165) is 16.7 Å². The molecule has 4 heterocycles. The number of likely N-dealkylation sites (tertiary alicyclic amines) is 1. The van der Waals surface area contributed by atoms with Crippen molar-refractivity contribution in [2.24, 2.45) is 5.92 Å². The van der Waals surface area contributed by atoms with Crippen LogP contribution in [0.15, 0.2) is 48.5 Å². The van der Waals surface area contributed by atoms with Gasteiger partial charge < -0.3 is 24.6 Å². The molecule has 0 aliphatic carbocycles. The van der Waals surface area contributed by atoms with E-state index in [1.165, 1.54) is 43.2 Å². The summed E-state index contributed by atoms with van der Waals surface area (Å²) in [6.07, 6.45) is 2.84. The number of nitrogens with zero attached hydrogens (tertiary/aromatic N) is 3. The molecule has 2 N–H and O–H groups in total. The van der Waals surface area contributed by atoms with Crippen LogP contribution in [0.1, 0.15) is 123 Å². The first kappa shape index (κ1) is 46.1. The van der Waals surface area contributed by atoms with E-state index < -0.39 is 57.1 Å². The van der Waals surface area contributed by atoms with Crippen molar-refractivity contribution in [3.63, 3.8) is 0 Å². The van der Waals surface area contributed by atoms with Gasteiger partial charge >= 0.3 is 0 Å². The van der Waals surface area contributed by atoms with Crippen LogP contribution >= 0.6 is 0 Å². The molecule has 3 aromatic rings. The van der Waals surface area contributed by atoms with Crippen LogP contribution in [0.5, 0.6) is 11.5 Å². The number of carbonyl (C=O) groups excluding carboxylic acids is 8. The number of imide groups is 2. The standard InChI is InChI=1S/C47H49N5O12S/c1-5-64-40-24-30(14-16-39(40)63-3)37(26-65(4,61)62)52-46(59)33-22-31(23-35(48-27(2)53)43(33)47(52)60)38(54)10-7-11-42(56)50-20-18-28(19-21-50)12-13-29-8-6-9-32-34(29)25-51(45(32)58)36-15-17-41(55)49-44(36)57/h6,8-9,14,16,22-24,28,36-37H,5,7,10-11,15,17-21,25-26H2,1-4H3,(H,48,53)(H,49,55,57)/t36?,37-/m1/s1. The number of hydrogen-bond acceptors (Lipinski definition) is 12. The van der Waals surface area contributed by atoms with E-state index in [9.17, 15) is 46.8 Å². The molecule has 7 amide bonds. The second-order valence-corrected chi connectivity index (χ2v) is 18.7. The number of carbonyl (C=O) groups is 8. The Morgan fingerprint density at radius 1 is 0.923 bits per heavy atom. The Kier molecular flexibility index (Phi) is 13.5. The number of piperidine rings is 2. The van der Waals surface area contributed by atoms with Gasteiger partial charge in [-0.05, 0) is 80.1 Å². The molecule has 18 heteroatoms. The van der Waals surface area contributed by atoms with Gasteiger partial charge in [-0.25, -0.2) is 8.42 Å². The molecule has 0 aromatic heterocycles. The molecule has 4 aliphatic rings. The molecule has 1 unspecified atom stereocenters. The highest BCUT2D eigenvalue weighted by Gasteiger charge is 2.44. The SMILES string of the molecule is CCOc1cc([C@@H](CS(C)(=O)=O)N2C(=O)c3cc(C(=O)CCCC(=O)N4CCC(C#Cc5cccc6c5CN(C5CCC(=O)NC5=O)C6=O)CC4)cc(NC(C)=O)c3C2=O)ccc1OC. The minimum Gasteiger partial charge on any atom is -0.493 e. The zero-order valence-electron chi connectivity index (χ0n) is 36.5. The molecule has 3 aromatic carbocycles. The van der Waals surface area contributed by atoms with E-state index in [2.05, 4.69) is 22.5 Å². The van der Waals surface area contributed by atoms with Crippen LogP contribution in [0, 0.1) is 17.8 Å². The number of methoxy groups -OCH3 is 1. The molecule has 0 bridgehead atoms. The number of sulfone groups is 1. The zero-order chi connectivity index (χ0) is 46.7. The van der Waals surface area contributed by atoms with E-state index in [1.807, 2.05) is 6.07 Å². The van der Waals surface area contributed by atoms with Crippen molar-refractivity contribution in [3.8, 4) is 23.3 Å². The lowest BCUT2D eigenvalue weighted by atomic mass is 9.95. The molecular weight excluding hydrogens is 859 g/mol. The van der Waals surface area contributed by atoms with Crippen LogP contribution < -0.4 is 20.1 Å². The lowest BCUT2D eigenvalue weighted by molar-refractivity contribution is -0.137. The van der Waals surface area contributed by atoms with Crippen molar-refractivity contribution in [2.45, 2.75) is 77.4 Å². The highest BCUT2D eigenvalue weighted by Crippen LogP contribution is 2.40. The highest BCUT2D eigenvalue weighted by atomic mass is 32.2. The number of ether oxygens (including phenoxy) is 2. The van der Waals surface area contributed by atoms with Gasteiger partial charge in [0.15, 0.2) is 17.3 Å². The molecule has 340 valence electrons. The van der Waals surface area contributed by atoms with Crippen LogP contribution in [0.3, 0.4) is 0 Å². The van der Waals surface area contributed by atoms with Gasteiger partial charge in [0.1, 0.15) is 15.9 Å². The third-order valence-corrected chi connectivity index (χ3v) is 12.9. The number of ketones is 1. The van der Waals surface area contributed by atoms with Crippen molar-refractivity contribution < 1.29 is 56.2 Å². The molecule has 0 spiro atoms. The van der Waals surface area contributed by atoms with Crippen LogP contribution in [0.4, 0.5) is 5.69 Å². The van der Waals surface area contributed by atoms with Crippen molar-refractivity contribution in [1.29, 1.82) is 0 Å². The average Bonchev–Trinajstić information content (AvgIpc) is 3.73. The summed E-state index contributed by atoms with van der Waals surface area (Å²) < 4.78 is 36.5. The second kappa shape index (κ2) is 19.1. The third kappa shape index (κ3) is 9.95. The molecule has 0 saturated carbocycles. The molecule has 2 saturated heterocycles. The summed E-state index contributed by atoms with van der Waals surface area (Å²) in [6, 6.07) is 10.4. The minimum absolute atomic E-state index is 0.00614. The van der Waals surface area contributed by atoms with E-state index in [-0.39, 0.29) is 103 Å². The smallest absolute Gasteiger partial charge is 0.264 e. The first-order valence-corrected chi connectivity index (χ1v) is 23.4. The molecule has 7 rings (SSSR count). The summed E-state index contributed by atoms with van der Waals surface area (Å²) in [7, 11) is -2.36. The summed E-state index contributed by atoms with van der Waals surface area (Å²) in [5.74, 6) is 2.60. The number of nitrogens with one attached hydrogen (secondary N) is 2. The van der Waals surface area contributed by atoms with Crippen molar-refractivity contribution in [1.82, 2.24) is 20.0 Å². The zero-order valence-corrected chi connectivity index (χ0v) is 37.3. The number of rotatable bonds is 14. The predicted octanol–water partition coefficient (Wildman–Crippen LogP) is 3.84. The van der Waals surface area contributed by atoms with Gasteiger partial charge in [0.2, 0.25) is 23.6 Å². The van der Waals surface area contributed by atoms with Crippen LogP contribution in [-0.4, -0.2) is 115 Å². The fraction of sp³-hybridized carbons (Fsp3) is 0.404. The average molecular weight is 908 g/mol. The summed E-state index contributed by atoms with van der Waals surface area (Å²) in [6.45, 7) is 4.35. The lowest BCUT2D eigenvalue weighted by Gasteiger charge is -2.30. The van der Waals surface area contributed by atoms with Gasteiger partial charge in [-0.1, -0.05) is 24.0 Å². The van der Waals surface area contributed by atoms with Crippen molar-refractivity contribution >= 4 is 62.7 Å². The molecule has 4 aliphatic heterocycles. The molecule has 2 atom stereocenters. The number of hydrogen-bond donors (Lipinski definition) is 2. The van der Waals surface area contributed by atoms with E-state index in [4.69, 9.17) is 9.47 Å². The maximum Gasteiger partial charge on any atom is 0.264 e. The van der Waals surface area contributed by atoms with E-state index in [1.54, 1.807) is 30.0 Å². The van der Waals surface area contributed by atoms with Gasteiger partial charge in [0, 0.05) is 74.7 Å². The van der Waals surface area contributed by atoms with Gasteiger partial charge in [-0.3, -0.25) is 48.6 Å². The Hall–Kier alpha value is -6.87. The third-order valence-electron chi connectivity index (χ3n) is 11.9. The lowest BCUT2D eigenvalue weighted by Crippen LogP contribution is -2.52. The first-order valence-electron chi connectivity index (χ1n) is 21.4. The summed E-state index contributed by atoms with van der Waals surface area (Å²) >= 11 is 0. The summed E-state index contributed by atoms with van der Waals surface area (Å²) in [5, 5.41) is 4.87. The van der Waals surface area contributed by atoms with Crippen LogP contribution in [-0.2, 0) is 35.6 Å². The number of amides is 7. The van der Waals surface area contributed by atoms with Gasteiger partial charge in [0.05, 0.1) is 42.3 Å². The molecular formula is C47H49N5O12S. The van der Waals surface area contributed by atoms with E-state index >= 15 is 0 Å². The van der Waals surface area contributed by atoms with Gasteiger partial charge in [0.25, 0.3) is 17.7 Å². The minimum atomic E-state index is -3.79. The topological polar surface area (TPSA) is 223 Å². The van der Waals surface area contributed by atoms with Crippen molar-refractivity contribution in [3.05, 3.63) is 87.5 Å². The Morgan fingerprint density at radius 3 is 2.35 bits per heavy atom. The molecule has 2 fully saturated rings. The largest absolute Gasteiger partial charge is 0.493 e.